The van der Waals surface area contributed by atoms with E-state index in [9.17, 15) is 19.8 Å². The summed E-state index contributed by atoms with van der Waals surface area (Å²) in [5, 5.41) is 21.9. The quantitative estimate of drug-likeness (QED) is 0.426. The maximum Gasteiger partial charge on any atom is 0.294 e. The van der Waals surface area contributed by atoms with Crippen molar-refractivity contribution in [3.05, 3.63) is 102 Å². The van der Waals surface area contributed by atoms with Gasteiger partial charge in [0.05, 0.1) is 24.4 Å². The molecule has 0 saturated heterocycles. The first-order valence-corrected chi connectivity index (χ1v) is 10.2. The third-order valence-corrected chi connectivity index (χ3v) is 5.66. The highest BCUT2D eigenvalue weighted by Crippen LogP contribution is 2.44. The van der Waals surface area contributed by atoms with Crippen molar-refractivity contribution in [1.29, 1.82) is 0 Å². The lowest BCUT2D eigenvalue weighted by Crippen LogP contribution is -2.31. The number of anilines is 1. The van der Waals surface area contributed by atoms with Crippen molar-refractivity contribution in [3.8, 4) is 11.5 Å². The Bertz CT molecular complexity index is 1420. The van der Waals surface area contributed by atoms with Crippen LogP contribution in [0.15, 0.2) is 94.6 Å². The van der Waals surface area contributed by atoms with Gasteiger partial charge in [-0.2, -0.15) is 0 Å². The summed E-state index contributed by atoms with van der Waals surface area (Å²) in [4.78, 5) is 28.0. The van der Waals surface area contributed by atoms with Gasteiger partial charge in [0.15, 0.2) is 22.9 Å². The fourth-order valence-corrected chi connectivity index (χ4v) is 4.15. The van der Waals surface area contributed by atoms with Crippen LogP contribution in [0.3, 0.4) is 0 Å². The zero-order valence-electron chi connectivity index (χ0n) is 17.6. The predicted octanol–water partition coefficient (Wildman–Crippen LogP) is 4.93. The minimum Gasteiger partial charge on any atom is -0.506 e. The summed E-state index contributed by atoms with van der Waals surface area (Å²) in [6, 6.07) is 21.0. The second kappa shape index (κ2) is 7.87. The van der Waals surface area contributed by atoms with E-state index in [2.05, 4.69) is 0 Å². The molecule has 1 aliphatic rings. The number of aromatic hydroxyl groups is 1. The van der Waals surface area contributed by atoms with Gasteiger partial charge in [0.25, 0.3) is 5.91 Å². The molecule has 2 N–H and O–H groups in total. The van der Waals surface area contributed by atoms with Gasteiger partial charge in [0.2, 0.25) is 5.78 Å². The predicted molar refractivity (Wildman–Crippen MR) is 122 cm³/mol. The van der Waals surface area contributed by atoms with E-state index in [0.717, 1.165) is 0 Å². The van der Waals surface area contributed by atoms with Gasteiger partial charge in [0, 0.05) is 5.39 Å². The molecule has 0 saturated carbocycles. The number of aliphatic hydroxyl groups is 1. The molecule has 1 atom stereocenters. The topological polar surface area (TPSA) is 100 Å². The number of aliphatic hydroxyl groups excluding tert-OH is 1. The lowest BCUT2D eigenvalue weighted by Gasteiger charge is -2.27. The lowest BCUT2D eigenvalue weighted by atomic mass is 9.94. The number of Topliss-reactive ketones (excluding diaryl/α,β-unsaturated/α-hetero) is 1. The van der Waals surface area contributed by atoms with Crippen molar-refractivity contribution in [3.63, 3.8) is 0 Å². The molecule has 0 fully saturated rings. The molecule has 3 aromatic carbocycles. The van der Waals surface area contributed by atoms with E-state index in [1.54, 1.807) is 72.8 Å². The zero-order valence-corrected chi connectivity index (χ0v) is 17.6. The first kappa shape index (κ1) is 20.4. The summed E-state index contributed by atoms with van der Waals surface area (Å²) in [5.74, 6) is -1.84. The third-order valence-electron chi connectivity index (χ3n) is 5.66. The Morgan fingerprint density at radius 1 is 0.970 bits per heavy atom. The molecule has 1 aromatic heterocycles. The second-order valence-corrected chi connectivity index (χ2v) is 7.56. The molecular formula is C26H19NO6. The number of benzene rings is 3. The van der Waals surface area contributed by atoms with E-state index in [0.29, 0.717) is 22.3 Å². The molecule has 164 valence electrons. The van der Waals surface area contributed by atoms with Crippen LogP contribution < -0.4 is 9.64 Å². The van der Waals surface area contributed by atoms with E-state index in [4.69, 9.17) is 9.15 Å². The number of hydrogen-bond acceptors (Lipinski definition) is 6. The summed E-state index contributed by atoms with van der Waals surface area (Å²) in [6.07, 6.45) is 0. The van der Waals surface area contributed by atoms with Gasteiger partial charge in [-0.05, 0) is 29.8 Å². The molecule has 0 spiro atoms. The van der Waals surface area contributed by atoms with Gasteiger partial charge in [-0.1, -0.05) is 54.6 Å². The first-order valence-electron chi connectivity index (χ1n) is 10.2. The van der Waals surface area contributed by atoms with Crippen LogP contribution in [0.5, 0.6) is 11.5 Å². The monoisotopic (exact) mass is 441 g/mol. The number of amides is 1. The Labute approximate surface area is 188 Å². The Morgan fingerprint density at radius 2 is 1.70 bits per heavy atom. The largest absolute Gasteiger partial charge is 0.506 e. The number of phenolic OH excluding ortho intramolecular Hbond substituents is 1. The molecule has 1 unspecified atom stereocenters. The average Bonchev–Trinajstić information content (AvgIpc) is 3.39. The number of ether oxygens (including phenoxy) is 1. The van der Waals surface area contributed by atoms with Crippen molar-refractivity contribution >= 4 is 28.3 Å². The van der Waals surface area contributed by atoms with Gasteiger partial charge < -0.3 is 19.4 Å². The molecule has 33 heavy (non-hydrogen) atoms. The van der Waals surface area contributed by atoms with Crippen molar-refractivity contribution in [2.75, 3.05) is 12.0 Å². The van der Waals surface area contributed by atoms with E-state index >= 15 is 0 Å². The summed E-state index contributed by atoms with van der Waals surface area (Å²) in [6.45, 7) is 0. The van der Waals surface area contributed by atoms with Crippen LogP contribution in [0.25, 0.3) is 11.0 Å². The molecule has 0 bridgehead atoms. The molecule has 1 aliphatic heterocycles. The summed E-state index contributed by atoms with van der Waals surface area (Å²) < 4.78 is 11.1. The number of phenols is 1. The van der Waals surface area contributed by atoms with E-state index in [1.807, 2.05) is 0 Å². The van der Waals surface area contributed by atoms with Crippen molar-refractivity contribution in [1.82, 2.24) is 0 Å². The SMILES string of the molecule is COc1cccc2cc(C(=O)C3=C(O)C(=O)N(c4ccccc4O)C3c3ccccc3)oc12. The van der Waals surface area contributed by atoms with Crippen LogP contribution in [-0.4, -0.2) is 29.0 Å². The molecule has 7 nitrogen and oxygen atoms in total. The van der Waals surface area contributed by atoms with Crippen LogP contribution in [0, 0.1) is 0 Å². The number of carbonyl (C=O) groups excluding carboxylic acids is 2. The number of nitrogens with zero attached hydrogens (tertiary/aromatic N) is 1. The molecule has 5 rings (SSSR count). The highest BCUT2D eigenvalue weighted by Gasteiger charge is 2.46. The lowest BCUT2D eigenvalue weighted by molar-refractivity contribution is -0.117. The Balaban J connectivity index is 1.67. The van der Waals surface area contributed by atoms with Crippen molar-refractivity contribution < 1.29 is 29.0 Å². The standard InChI is InChI=1S/C26H19NO6/c1-32-19-13-7-10-16-14-20(33-25(16)19)23(29)21-22(15-8-3-2-4-9-15)27(26(31)24(21)30)17-11-5-6-12-18(17)28/h2-14,22,28,30H,1H3. The van der Waals surface area contributed by atoms with Crippen LogP contribution >= 0.6 is 0 Å². The summed E-state index contributed by atoms with van der Waals surface area (Å²) in [7, 11) is 1.50. The van der Waals surface area contributed by atoms with Crippen LogP contribution in [0.2, 0.25) is 0 Å². The molecule has 0 radical (unpaired) electrons. The number of para-hydroxylation sites is 3. The Hall–Kier alpha value is -4.52. The van der Waals surface area contributed by atoms with Crippen LogP contribution in [0.1, 0.15) is 22.2 Å². The minimum absolute atomic E-state index is 0.0380. The minimum atomic E-state index is -0.963. The number of fused-ring (bicyclic) bond motifs is 1. The number of rotatable bonds is 5. The normalized spacial score (nSPS) is 16.0. The van der Waals surface area contributed by atoms with Gasteiger partial charge in [-0.25, -0.2) is 0 Å². The number of methoxy groups -OCH3 is 1. The number of ketones is 1. The van der Waals surface area contributed by atoms with E-state index in [-0.39, 0.29) is 22.8 Å². The molecule has 4 aromatic rings. The van der Waals surface area contributed by atoms with E-state index in [1.165, 1.54) is 18.1 Å². The first-order chi connectivity index (χ1) is 16.0. The molecule has 2 heterocycles. The third kappa shape index (κ3) is 3.22. The molecule has 7 heteroatoms. The molecule has 1 amide bonds. The van der Waals surface area contributed by atoms with Gasteiger partial charge in [0.1, 0.15) is 5.75 Å². The van der Waals surface area contributed by atoms with Crippen molar-refractivity contribution in [2.45, 2.75) is 6.04 Å². The van der Waals surface area contributed by atoms with Crippen LogP contribution in [-0.2, 0) is 4.79 Å². The van der Waals surface area contributed by atoms with Gasteiger partial charge in [-0.3, -0.25) is 14.5 Å². The summed E-state index contributed by atoms with van der Waals surface area (Å²) in [5.41, 5.74) is 1.03. The smallest absolute Gasteiger partial charge is 0.294 e. The Kier molecular flexibility index (Phi) is 4.86. The van der Waals surface area contributed by atoms with E-state index < -0.39 is 23.5 Å². The zero-order chi connectivity index (χ0) is 23.1. The maximum atomic E-state index is 13.6. The summed E-state index contributed by atoms with van der Waals surface area (Å²) >= 11 is 0. The highest BCUT2D eigenvalue weighted by atomic mass is 16.5. The van der Waals surface area contributed by atoms with Crippen LogP contribution in [0.4, 0.5) is 5.69 Å². The number of carbonyl (C=O) groups is 2. The maximum absolute atomic E-state index is 13.6. The number of hydrogen-bond donors (Lipinski definition) is 2. The average molecular weight is 441 g/mol. The second-order valence-electron chi connectivity index (χ2n) is 7.56. The molecule has 0 aliphatic carbocycles. The Morgan fingerprint density at radius 3 is 2.42 bits per heavy atom. The van der Waals surface area contributed by atoms with Crippen molar-refractivity contribution in [2.24, 2.45) is 0 Å². The number of furan rings is 1. The van der Waals surface area contributed by atoms with Gasteiger partial charge in [-0.15, -0.1) is 0 Å². The fourth-order valence-electron chi connectivity index (χ4n) is 4.15. The van der Waals surface area contributed by atoms with Gasteiger partial charge >= 0.3 is 0 Å². The highest BCUT2D eigenvalue weighted by molar-refractivity contribution is 6.21. The fraction of sp³-hybridized carbons (Fsp3) is 0.0769. The molecular weight excluding hydrogens is 422 g/mol.